The van der Waals surface area contributed by atoms with Crippen molar-refractivity contribution in [2.75, 3.05) is 12.4 Å². The molecule has 12 heteroatoms. The molecule has 1 aliphatic carbocycles. The van der Waals surface area contributed by atoms with E-state index in [2.05, 4.69) is 26.4 Å². The van der Waals surface area contributed by atoms with E-state index in [9.17, 15) is 18.0 Å². The molecule has 2 aromatic carbocycles. The second-order valence-corrected chi connectivity index (χ2v) is 15.8. The Hall–Kier alpha value is -3.74. The number of nitrogens with one attached hydrogen (secondary N) is 3. The smallest absolute Gasteiger partial charge is 0.410 e. The highest BCUT2D eigenvalue weighted by atomic mass is 32.2. The molecule has 242 valence electrons. The molecule has 1 aromatic heterocycles. The minimum atomic E-state index is -3.97. The van der Waals surface area contributed by atoms with Crippen LogP contribution in [-0.4, -0.2) is 54.7 Å². The molecular weight excluding hydrogens is 611 g/mol. The monoisotopic (exact) mass is 653 g/mol. The van der Waals surface area contributed by atoms with Crippen LogP contribution in [0.3, 0.4) is 0 Å². The van der Waals surface area contributed by atoms with Gasteiger partial charge in [0.05, 0.1) is 9.77 Å². The standard InChI is InChI=1S/C33H43N5O5S2/c1-32(2,3)37-45(41,42)28-19-24(36-30(39)35-20-22-11-9-8-10-12-22)15-18-26(28)27-21-34-29(44-27)23-13-16-25(17-14-23)38(7)31(40)43-33(4,5)6/h8-13,15,18-19,21,25,37H,14,16-17,20H2,1-7H3,(H2,35,36,39). The molecule has 0 radical (unpaired) electrons. The molecule has 3 N–H and O–H groups in total. The summed E-state index contributed by atoms with van der Waals surface area (Å²) in [5.74, 6) is 0. The first-order valence-corrected chi connectivity index (χ1v) is 17.2. The van der Waals surface area contributed by atoms with Crippen LogP contribution in [0.25, 0.3) is 16.0 Å². The molecule has 0 fully saturated rings. The Morgan fingerprint density at radius 3 is 2.40 bits per heavy atom. The third-order valence-electron chi connectivity index (χ3n) is 6.92. The number of thiazole rings is 1. The largest absolute Gasteiger partial charge is 0.444 e. The highest BCUT2D eigenvalue weighted by Gasteiger charge is 2.29. The number of rotatable bonds is 8. The van der Waals surface area contributed by atoms with Gasteiger partial charge in [-0.25, -0.2) is 27.7 Å². The number of anilines is 1. The molecule has 0 bridgehead atoms. The first-order valence-electron chi connectivity index (χ1n) is 14.9. The van der Waals surface area contributed by atoms with Crippen LogP contribution in [0.15, 0.2) is 65.7 Å². The molecule has 4 rings (SSSR count). The van der Waals surface area contributed by atoms with Gasteiger partial charge in [0.25, 0.3) is 0 Å². The Labute approximate surface area is 270 Å². The fourth-order valence-electron chi connectivity index (χ4n) is 4.83. The number of allylic oxidation sites excluding steroid dienone is 1. The predicted molar refractivity (Wildman–Crippen MR) is 180 cm³/mol. The lowest BCUT2D eigenvalue weighted by molar-refractivity contribution is 0.0215. The number of benzene rings is 2. The van der Waals surface area contributed by atoms with Crippen LogP contribution < -0.4 is 15.4 Å². The Morgan fingerprint density at radius 2 is 1.78 bits per heavy atom. The maximum atomic E-state index is 13.6. The zero-order valence-electron chi connectivity index (χ0n) is 26.9. The molecule has 0 saturated heterocycles. The highest BCUT2D eigenvalue weighted by molar-refractivity contribution is 7.89. The molecule has 0 aliphatic heterocycles. The van der Waals surface area contributed by atoms with Gasteiger partial charge in [-0.15, -0.1) is 11.3 Å². The Morgan fingerprint density at radius 1 is 1.07 bits per heavy atom. The number of carbonyl (C=O) groups is 2. The lowest BCUT2D eigenvalue weighted by Gasteiger charge is -2.32. The van der Waals surface area contributed by atoms with Crippen molar-refractivity contribution < 1.29 is 22.7 Å². The van der Waals surface area contributed by atoms with E-state index in [0.29, 0.717) is 29.1 Å². The van der Waals surface area contributed by atoms with Gasteiger partial charge in [0.15, 0.2) is 0 Å². The third-order valence-corrected chi connectivity index (χ3v) is 9.83. The number of amides is 3. The number of carbonyl (C=O) groups excluding carboxylic acids is 2. The van der Waals surface area contributed by atoms with Crippen LogP contribution in [0.1, 0.15) is 71.4 Å². The van der Waals surface area contributed by atoms with Crippen LogP contribution >= 0.6 is 11.3 Å². The second kappa shape index (κ2) is 13.7. The predicted octanol–water partition coefficient (Wildman–Crippen LogP) is 7.01. The quantitative estimate of drug-likeness (QED) is 0.240. The lowest BCUT2D eigenvalue weighted by atomic mass is 9.95. The van der Waals surface area contributed by atoms with E-state index in [-0.39, 0.29) is 17.0 Å². The van der Waals surface area contributed by atoms with Gasteiger partial charge in [-0.1, -0.05) is 42.5 Å². The van der Waals surface area contributed by atoms with Gasteiger partial charge in [-0.3, -0.25) is 0 Å². The highest BCUT2D eigenvalue weighted by Crippen LogP contribution is 2.38. The molecule has 45 heavy (non-hydrogen) atoms. The first kappa shape index (κ1) is 34.1. The third kappa shape index (κ3) is 9.62. The molecule has 0 spiro atoms. The number of hydrogen-bond donors (Lipinski definition) is 3. The van der Waals surface area contributed by atoms with Crippen molar-refractivity contribution in [1.29, 1.82) is 0 Å². The summed E-state index contributed by atoms with van der Waals surface area (Å²) in [6, 6.07) is 13.9. The Kier molecular flexibility index (Phi) is 10.4. The fraction of sp³-hybridized carbons (Fsp3) is 0.424. The summed E-state index contributed by atoms with van der Waals surface area (Å²) >= 11 is 1.41. The van der Waals surface area contributed by atoms with Crippen molar-refractivity contribution in [3.63, 3.8) is 0 Å². The van der Waals surface area contributed by atoms with E-state index in [1.54, 1.807) is 51.0 Å². The number of nitrogens with zero attached hydrogens (tertiary/aromatic N) is 2. The number of sulfonamides is 1. The molecule has 1 heterocycles. The Bertz CT molecular complexity index is 1650. The number of aromatic nitrogens is 1. The Balaban J connectivity index is 1.55. The van der Waals surface area contributed by atoms with E-state index >= 15 is 0 Å². The zero-order chi connectivity index (χ0) is 33.0. The van der Waals surface area contributed by atoms with Crippen molar-refractivity contribution >= 4 is 44.7 Å². The second-order valence-electron chi connectivity index (χ2n) is 13.1. The maximum Gasteiger partial charge on any atom is 0.410 e. The molecule has 1 atom stereocenters. The SMILES string of the molecule is CN(C(=O)OC(C)(C)C)C1CC=C(c2ncc(-c3ccc(NC(=O)NCc4ccccc4)cc3S(=O)(=O)NC(C)(C)C)s2)CC1. The van der Waals surface area contributed by atoms with Crippen LogP contribution in [0, 0.1) is 0 Å². The summed E-state index contributed by atoms with van der Waals surface area (Å²) in [6.07, 6.45) is 5.59. The van der Waals surface area contributed by atoms with Crippen molar-refractivity contribution in [3.05, 3.63) is 71.4 Å². The van der Waals surface area contributed by atoms with Gasteiger partial charge < -0.3 is 20.3 Å². The van der Waals surface area contributed by atoms with Crippen molar-refractivity contribution in [2.24, 2.45) is 0 Å². The zero-order valence-corrected chi connectivity index (χ0v) is 28.6. The van der Waals surface area contributed by atoms with Gasteiger partial charge in [-0.2, -0.15) is 0 Å². The summed E-state index contributed by atoms with van der Waals surface area (Å²) in [6.45, 7) is 11.2. The van der Waals surface area contributed by atoms with Crippen LogP contribution in [0.5, 0.6) is 0 Å². The van der Waals surface area contributed by atoms with E-state index in [4.69, 9.17) is 4.74 Å². The number of hydrogen-bond acceptors (Lipinski definition) is 7. The minimum Gasteiger partial charge on any atom is -0.444 e. The summed E-state index contributed by atoms with van der Waals surface area (Å²) < 4.78 is 35.5. The summed E-state index contributed by atoms with van der Waals surface area (Å²) in [7, 11) is -2.21. The molecule has 1 aliphatic rings. The lowest BCUT2D eigenvalue weighted by Crippen LogP contribution is -2.41. The molecule has 10 nitrogen and oxygen atoms in total. The molecule has 3 aromatic rings. The van der Waals surface area contributed by atoms with E-state index in [0.717, 1.165) is 29.0 Å². The van der Waals surface area contributed by atoms with Gasteiger partial charge in [-0.05, 0) is 84.1 Å². The molecule has 0 saturated carbocycles. The van der Waals surface area contributed by atoms with E-state index in [1.807, 2.05) is 51.1 Å². The number of urea groups is 1. The molecule has 3 amide bonds. The van der Waals surface area contributed by atoms with Gasteiger partial charge >= 0.3 is 12.1 Å². The normalized spacial score (nSPS) is 15.6. The van der Waals surface area contributed by atoms with Gasteiger partial charge in [0.1, 0.15) is 10.6 Å². The van der Waals surface area contributed by atoms with E-state index < -0.39 is 27.2 Å². The van der Waals surface area contributed by atoms with Crippen LogP contribution in [0.2, 0.25) is 0 Å². The molecular formula is C33H43N5O5S2. The topological polar surface area (TPSA) is 130 Å². The summed E-state index contributed by atoms with van der Waals surface area (Å²) in [5.41, 5.74) is 1.56. The summed E-state index contributed by atoms with van der Waals surface area (Å²) in [4.78, 5) is 32.2. The summed E-state index contributed by atoms with van der Waals surface area (Å²) in [5, 5.41) is 6.36. The van der Waals surface area contributed by atoms with Crippen LogP contribution in [0.4, 0.5) is 15.3 Å². The van der Waals surface area contributed by atoms with Gasteiger partial charge in [0, 0.05) is 42.6 Å². The minimum absolute atomic E-state index is 0.0215. The van der Waals surface area contributed by atoms with E-state index in [1.165, 1.54) is 17.4 Å². The average Bonchev–Trinajstić information content (AvgIpc) is 3.44. The number of ether oxygens (including phenoxy) is 1. The molecule has 1 unspecified atom stereocenters. The van der Waals surface area contributed by atoms with Gasteiger partial charge in [0.2, 0.25) is 10.0 Å². The van der Waals surface area contributed by atoms with Crippen LogP contribution in [-0.2, 0) is 21.3 Å². The van der Waals surface area contributed by atoms with Crippen molar-refractivity contribution in [2.45, 2.75) is 89.4 Å². The maximum absolute atomic E-state index is 13.6. The van der Waals surface area contributed by atoms with Crippen molar-refractivity contribution in [1.82, 2.24) is 19.9 Å². The average molecular weight is 654 g/mol. The van der Waals surface area contributed by atoms with Crippen molar-refractivity contribution in [3.8, 4) is 10.4 Å². The first-order chi connectivity index (χ1) is 21.0. The fourth-order valence-corrected chi connectivity index (χ4v) is 7.59.